The largest absolute Gasteiger partial charge is 0.493 e. The van der Waals surface area contributed by atoms with Crippen LogP contribution in [0.25, 0.3) is 11.0 Å². The van der Waals surface area contributed by atoms with E-state index in [1.54, 1.807) is 14.2 Å². The van der Waals surface area contributed by atoms with Crippen LogP contribution in [0, 0.1) is 0 Å². The fourth-order valence-electron chi connectivity index (χ4n) is 2.15. The highest BCUT2D eigenvalue weighted by Crippen LogP contribution is 2.33. The van der Waals surface area contributed by atoms with Crippen molar-refractivity contribution in [1.29, 1.82) is 0 Å². The summed E-state index contributed by atoms with van der Waals surface area (Å²) in [6, 6.07) is 3.72. The van der Waals surface area contributed by atoms with Gasteiger partial charge in [-0.25, -0.2) is 4.98 Å². The Morgan fingerprint density at radius 2 is 1.89 bits per heavy atom. The zero-order valence-electron chi connectivity index (χ0n) is 11.2. The summed E-state index contributed by atoms with van der Waals surface area (Å²) in [5, 5.41) is 0. The first-order valence-corrected chi connectivity index (χ1v) is 6.00. The third-order valence-electron chi connectivity index (χ3n) is 3.01. The fraction of sp³-hybridized carbons (Fsp3) is 0.462. The molecule has 1 aromatic heterocycles. The summed E-state index contributed by atoms with van der Waals surface area (Å²) < 4.78 is 12.7. The van der Waals surface area contributed by atoms with Crippen LogP contribution in [-0.2, 0) is 6.54 Å². The third kappa shape index (κ3) is 1.90. The van der Waals surface area contributed by atoms with E-state index in [4.69, 9.17) is 15.2 Å². The Morgan fingerprint density at radius 3 is 2.39 bits per heavy atom. The smallest absolute Gasteiger partial charge is 0.163 e. The van der Waals surface area contributed by atoms with Crippen molar-refractivity contribution in [2.75, 3.05) is 14.2 Å². The van der Waals surface area contributed by atoms with E-state index in [0.29, 0.717) is 11.5 Å². The third-order valence-corrected chi connectivity index (χ3v) is 3.01. The number of fused-ring (bicyclic) bond motifs is 1. The monoisotopic (exact) mass is 249 g/mol. The summed E-state index contributed by atoms with van der Waals surface area (Å²) in [4.78, 5) is 4.57. The van der Waals surface area contributed by atoms with E-state index in [-0.39, 0.29) is 6.04 Å². The number of aromatic nitrogens is 2. The van der Waals surface area contributed by atoms with Crippen LogP contribution in [0.5, 0.6) is 11.5 Å². The molecule has 2 N–H and O–H groups in total. The second-order valence-corrected chi connectivity index (χ2v) is 4.20. The molecule has 1 atom stereocenters. The zero-order chi connectivity index (χ0) is 13.3. The lowest BCUT2D eigenvalue weighted by atomic mass is 10.2. The Labute approximate surface area is 107 Å². The van der Waals surface area contributed by atoms with Crippen LogP contribution in [0.4, 0.5) is 0 Å². The molecule has 0 fully saturated rings. The molecule has 0 aliphatic carbocycles. The predicted molar refractivity (Wildman–Crippen MR) is 71.1 cm³/mol. The predicted octanol–water partition coefficient (Wildman–Crippen LogP) is 2.09. The number of hydrogen-bond donors (Lipinski definition) is 1. The molecule has 0 aliphatic heterocycles. The van der Waals surface area contributed by atoms with Crippen molar-refractivity contribution in [3.63, 3.8) is 0 Å². The van der Waals surface area contributed by atoms with Gasteiger partial charge in [0.1, 0.15) is 5.82 Å². The first kappa shape index (κ1) is 12.7. The van der Waals surface area contributed by atoms with E-state index in [1.165, 1.54) is 0 Å². The lowest BCUT2D eigenvalue weighted by molar-refractivity contribution is 0.355. The Morgan fingerprint density at radius 1 is 1.28 bits per heavy atom. The average Bonchev–Trinajstić information content (AvgIpc) is 2.74. The summed E-state index contributed by atoms with van der Waals surface area (Å²) in [5.41, 5.74) is 7.84. The molecule has 98 valence electrons. The van der Waals surface area contributed by atoms with E-state index in [9.17, 15) is 0 Å². The molecule has 2 rings (SSSR count). The highest BCUT2D eigenvalue weighted by molar-refractivity contribution is 5.80. The lowest BCUT2D eigenvalue weighted by Crippen LogP contribution is -2.12. The van der Waals surface area contributed by atoms with Gasteiger partial charge in [0.25, 0.3) is 0 Å². The van der Waals surface area contributed by atoms with Crippen LogP contribution in [0.1, 0.15) is 25.7 Å². The zero-order valence-corrected chi connectivity index (χ0v) is 11.2. The van der Waals surface area contributed by atoms with E-state index in [0.717, 1.165) is 23.4 Å². The van der Waals surface area contributed by atoms with Crippen LogP contribution < -0.4 is 15.2 Å². The van der Waals surface area contributed by atoms with Gasteiger partial charge in [-0.15, -0.1) is 0 Å². The highest BCUT2D eigenvalue weighted by atomic mass is 16.5. The highest BCUT2D eigenvalue weighted by Gasteiger charge is 2.16. The molecule has 0 unspecified atom stereocenters. The number of rotatable bonds is 4. The molecule has 0 radical (unpaired) electrons. The number of aryl methyl sites for hydroxylation is 1. The van der Waals surface area contributed by atoms with E-state index in [1.807, 2.05) is 19.1 Å². The van der Waals surface area contributed by atoms with Crippen molar-refractivity contribution >= 4 is 11.0 Å². The quantitative estimate of drug-likeness (QED) is 0.901. The molecular weight excluding hydrogens is 230 g/mol. The maximum Gasteiger partial charge on any atom is 0.163 e. The molecule has 1 aromatic carbocycles. The standard InChI is InChI=1S/C13H19N3O2/c1-5-16-10-7-12(18-4)11(17-3)6-9(10)15-13(16)8(2)14/h6-8H,5,14H2,1-4H3/t8-/m1/s1. The number of hydrogen-bond acceptors (Lipinski definition) is 4. The summed E-state index contributed by atoms with van der Waals surface area (Å²) in [6.45, 7) is 4.83. The molecule has 0 saturated carbocycles. The molecule has 2 aromatic rings. The van der Waals surface area contributed by atoms with Crippen molar-refractivity contribution in [1.82, 2.24) is 9.55 Å². The minimum absolute atomic E-state index is 0.102. The first-order valence-electron chi connectivity index (χ1n) is 6.00. The van der Waals surface area contributed by atoms with Gasteiger partial charge in [-0.3, -0.25) is 0 Å². The van der Waals surface area contributed by atoms with Crippen LogP contribution in [-0.4, -0.2) is 23.8 Å². The van der Waals surface area contributed by atoms with Gasteiger partial charge in [-0.05, 0) is 13.8 Å². The molecule has 0 aliphatic rings. The SMILES string of the molecule is CCn1c([C@@H](C)N)nc2cc(OC)c(OC)cc21. The number of ether oxygens (including phenoxy) is 2. The van der Waals surface area contributed by atoms with Gasteiger partial charge in [0, 0.05) is 18.7 Å². The van der Waals surface area contributed by atoms with Gasteiger partial charge in [-0.2, -0.15) is 0 Å². The summed E-state index contributed by atoms with van der Waals surface area (Å²) in [7, 11) is 3.25. The van der Waals surface area contributed by atoms with Gasteiger partial charge in [0.15, 0.2) is 11.5 Å². The molecule has 5 heteroatoms. The number of benzene rings is 1. The van der Waals surface area contributed by atoms with Gasteiger partial charge >= 0.3 is 0 Å². The summed E-state index contributed by atoms with van der Waals surface area (Å²) in [6.07, 6.45) is 0. The molecule has 0 amide bonds. The van der Waals surface area contributed by atoms with Crippen molar-refractivity contribution in [2.24, 2.45) is 5.73 Å². The normalized spacial score (nSPS) is 12.7. The molecule has 0 saturated heterocycles. The van der Waals surface area contributed by atoms with E-state index in [2.05, 4.69) is 16.5 Å². The van der Waals surface area contributed by atoms with Crippen LogP contribution >= 0.6 is 0 Å². The van der Waals surface area contributed by atoms with E-state index < -0.39 is 0 Å². The minimum Gasteiger partial charge on any atom is -0.493 e. The molecule has 1 heterocycles. The van der Waals surface area contributed by atoms with E-state index >= 15 is 0 Å². The van der Waals surface area contributed by atoms with Crippen molar-refractivity contribution < 1.29 is 9.47 Å². The maximum absolute atomic E-state index is 5.95. The lowest BCUT2D eigenvalue weighted by Gasteiger charge is -2.10. The Balaban J connectivity index is 2.73. The number of nitrogens with two attached hydrogens (primary N) is 1. The number of nitrogens with zero attached hydrogens (tertiary/aromatic N) is 2. The second-order valence-electron chi connectivity index (χ2n) is 4.20. The first-order chi connectivity index (χ1) is 8.62. The molecule has 0 bridgehead atoms. The van der Waals surface area contributed by atoms with Gasteiger partial charge in [0.05, 0.1) is 31.3 Å². The van der Waals surface area contributed by atoms with Crippen molar-refractivity contribution in [3.05, 3.63) is 18.0 Å². The van der Waals surface area contributed by atoms with Crippen LogP contribution in [0.2, 0.25) is 0 Å². The number of methoxy groups -OCH3 is 2. The Hall–Kier alpha value is -1.75. The van der Waals surface area contributed by atoms with Crippen molar-refractivity contribution in [2.45, 2.75) is 26.4 Å². The average molecular weight is 249 g/mol. The Bertz CT molecular complexity index is 561. The minimum atomic E-state index is -0.102. The van der Waals surface area contributed by atoms with Gasteiger partial charge in [-0.1, -0.05) is 0 Å². The number of imidazole rings is 1. The fourth-order valence-corrected chi connectivity index (χ4v) is 2.15. The van der Waals surface area contributed by atoms with Gasteiger partial charge in [0.2, 0.25) is 0 Å². The molecule has 0 spiro atoms. The van der Waals surface area contributed by atoms with Gasteiger partial charge < -0.3 is 19.8 Å². The maximum atomic E-state index is 5.95. The summed E-state index contributed by atoms with van der Waals surface area (Å²) >= 11 is 0. The van der Waals surface area contributed by atoms with Crippen LogP contribution in [0.3, 0.4) is 0 Å². The van der Waals surface area contributed by atoms with Crippen molar-refractivity contribution in [3.8, 4) is 11.5 Å². The summed E-state index contributed by atoms with van der Waals surface area (Å²) in [5.74, 6) is 2.26. The molecule has 5 nitrogen and oxygen atoms in total. The van der Waals surface area contributed by atoms with Crippen LogP contribution in [0.15, 0.2) is 12.1 Å². The second kappa shape index (κ2) is 4.86. The molecule has 18 heavy (non-hydrogen) atoms. The topological polar surface area (TPSA) is 62.3 Å². The Kier molecular flexibility index (Phi) is 3.43. The molecular formula is C13H19N3O2.